The van der Waals surface area contributed by atoms with Crippen molar-refractivity contribution in [2.24, 2.45) is 0 Å². The van der Waals surface area contributed by atoms with Gasteiger partial charge in [0, 0.05) is 40.4 Å². The Morgan fingerprint density at radius 3 is 2.38 bits per heavy atom. The summed E-state index contributed by atoms with van der Waals surface area (Å²) >= 11 is 7.95. The molecule has 0 spiro atoms. The second-order valence-corrected chi connectivity index (χ2v) is 12.2. The van der Waals surface area contributed by atoms with E-state index in [4.69, 9.17) is 16.3 Å². The zero-order valence-electron chi connectivity index (χ0n) is 18.3. The second-order valence-electron chi connectivity index (χ2n) is 8.39. The van der Waals surface area contributed by atoms with Crippen molar-refractivity contribution in [2.75, 3.05) is 24.5 Å². The van der Waals surface area contributed by atoms with Crippen molar-refractivity contribution in [3.05, 3.63) is 53.1 Å². The van der Waals surface area contributed by atoms with E-state index in [0.717, 1.165) is 17.0 Å². The number of nitrogens with zero attached hydrogens (tertiary/aromatic N) is 2. The lowest BCUT2D eigenvalue weighted by Gasteiger charge is -2.34. The number of anilines is 1. The number of sulfonamides is 1. The number of ether oxygens (including phenoxy) is 1. The topological polar surface area (TPSA) is 66.9 Å². The van der Waals surface area contributed by atoms with Crippen LogP contribution in [0.4, 0.5) is 5.69 Å². The fourth-order valence-corrected chi connectivity index (χ4v) is 6.97. The van der Waals surface area contributed by atoms with E-state index in [9.17, 15) is 13.2 Å². The van der Waals surface area contributed by atoms with Gasteiger partial charge < -0.3 is 9.64 Å². The van der Waals surface area contributed by atoms with E-state index < -0.39 is 10.0 Å². The largest absolute Gasteiger partial charge is 0.373 e. The molecule has 2 aromatic carbocycles. The second kappa shape index (κ2) is 9.35. The SMILES string of the molecule is C[C@@H]1CN(S(=O)(=O)c2ccc(C(=O)N3CC[C@@H](C)Sc4ccc(Cl)cc43)cc2)C[C@H](C)O1. The van der Waals surface area contributed by atoms with Crippen LogP contribution in [0, 0.1) is 0 Å². The number of rotatable bonds is 3. The molecule has 0 unspecified atom stereocenters. The molecule has 0 bridgehead atoms. The van der Waals surface area contributed by atoms with E-state index in [1.807, 2.05) is 32.0 Å². The molecule has 1 amide bonds. The van der Waals surface area contributed by atoms with Gasteiger partial charge in [-0.2, -0.15) is 4.31 Å². The molecule has 32 heavy (non-hydrogen) atoms. The fraction of sp³-hybridized carbons (Fsp3) is 0.435. The maximum absolute atomic E-state index is 13.4. The molecule has 0 aromatic heterocycles. The molecule has 2 aromatic rings. The molecule has 9 heteroatoms. The lowest BCUT2D eigenvalue weighted by Crippen LogP contribution is -2.48. The summed E-state index contributed by atoms with van der Waals surface area (Å²) in [6, 6.07) is 11.8. The van der Waals surface area contributed by atoms with Crippen LogP contribution in [-0.4, -0.2) is 55.7 Å². The van der Waals surface area contributed by atoms with E-state index in [0.29, 0.717) is 35.5 Å². The van der Waals surface area contributed by atoms with Crippen molar-refractivity contribution in [2.45, 2.75) is 54.4 Å². The van der Waals surface area contributed by atoms with E-state index in [1.165, 1.54) is 16.4 Å². The molecule has 2 aliphatic heterocycles. The Hall–Kier alpha value is -1.58. The number of halogens is 1. The highest BCUT2D eigenvalue weighted by atomic mass is 35.5. The van der Waals surface area contributed by atoms with Gasteiger partial charge in [0.2, 0.25) is 10.0 Å². The number of hydrogen-bond acceptors (Lipinski definition) is 5. The van der Waals surface area contributed by atoms with Crippen molar-refractivity contribution in [3.63, 3.8) is 0 Å². The van der Waals surface area contributed by atoms with Crippen molar-refractivity contribution >= 4 is 45.0 Å². The maximum Gasteiger partial charge on any atom is 0.258 e. The predicted octanol–water partition coefficient (Wildman–Crippen LogP) is 4.67. The van der Waals surface area contributed by atoms with Crippen molar-refractivity contribution in [3.8, 4) is 0 Å². The van der Waals surface area contributed by atoms with Gasteiger partial charge in [0.15, 0.2) is 0 Å². The van der Waals surface area contributed by atoms with Gasteiger partial charge in [-0.25, -0.2) is 8.42 Å². The monoisotopic (exact) mass is 494 g/mol. The molecule has 172 valence electrons. The lowest BCUT2D eigenvalue weighted by molar-refractivity contribution is -0.0440. The third-order valence-corrected chi connectivity index (χ3v) is 8.99. The summed E-state index contributed by atoms with van der Waals surface area (Å²) in [7, 11) is -3.65. The summed E-state index contributed by atoms with van der Waals surface area (Å²) in [5, 5.41) is 0.950. The molecule has 6 nitrogen and oxygen atoms in total. The quantitative estimate of drug-likeness (QED) is 0.620. The molecule has 3 atom stereocenters. The van der Waals surface area contributed by atoms with Gasteiger partial charge in [0.25, 0.3) is 5.91 Å². The zero-order chi connectivity index (χ0) is 23.0. The minimum atomic E-state index is -3.65. The Morgan fingerprint density at radius 1 is 1.06 bits per heavy atom. The van der Waals surface area contributed by atoms with Crippen LogP contribution >= 0.6 is 23.4 Å². The maximum atomic E-state index is 13.4. The molecule has 4 rings (SSSR count). The molecule has 0 radical (unpaired) electrons. The fourth-order valence-electron chi connectivity index (χ4n) is 4.12. The summed E-state index contributed by atoms with van der Waals surface area (Å²) in [6.07, 6.45) is 0.525. The van der Waals surface area contributed by atoms with Crippen molar-refractivity contribution < 1.29 is 17.9 Å². The highest BCUT2D eigenvalue weighted by Gasteiger charge is 2.32. The number of amides is 1. The lowest BCUT2D eigenvalue weighted by atomic mass is 10.1. The number of hydrogen-bond donors (Lipinski definition) is 0. The van der Waals surface area contributed by atoms with Crippen LogP contribution in [0.15, 0.2) is 52.3 Å². The summed E-state index contributed by atoms with van der Waals surface area (Å²) in [6.45, 7) is 7.08. The number of fused-ring (bicyclic) bond motifs is 1. The summed E-state index contributed by atoms with van der Waals surface area (Å²) in [5.74, 6) is -0.166. The Morgan fingerprint density at radius 2 is 1.72 bits per heavy atom. The van der Waals surface area contributed by atoms with Crippen LogP contribution in [0.2, 0.25) is 5.02 Å². The molecule has 1 fully saturated rings. The average molecular weight is 495 g/mol. The van der Waals surface area contributed by atoms with Crippen LogP contribution in [0.25, 0.3) is 0 Å². The zero-order valence-corrected chi connectivity index (χ0v) is 20.7. The summed E-state index contributed by atoms with van der Waals surface area (Å²) in [5.41, 5.74) is 1.24. The summed E-state index contributed by atoms with van der Waals surface area (Å²) < 4.78 is 33.3. The molecular weight excluding hydrogens is 468 g/mol. The number of morpholine rings is 1. The van der Waals surface area contributed by atoms with Gasteiger partial charge in [0.05, 0.1) is 22.8 Å². The van der Waals surface area contributed by atoms with Crippen molar-refractivity contribution in [1.82, 2.24) is 4.31 Å². The Bertz CT molecular complexity index is 1100. The van der Waals surface area contributed by atoms with Crippen LogP contribution in [0.1, 0.15) is 37.6 Å². The molecule has 0 aliphatic carbocycles. The van der Waals surface area contributed by atoms with E-state index >= 15 is 0 Å². The first-order chi connectivity index (χ1) is 15.1. The van der Waals surface area contributed by atoms with E-state index in [1.54, 1.807) is 28.8 Å². The van der Waals surface area contributed by atoms with Gasteiger partial charge in [-0.1, -0.05) is 18.5 Å². The van der Waals surface area contributed by atoms with Crippen LogP contribution in [0.5, 0.6) is 0 Å². The Labute approximate surface area is 198 Å². The first-order valence-electron chi connectivity index (χ1n) is 10.7. The molecule has 2 aliphatic rings. The predicted molar refractivity (Wildman–Crippen MR) is 128 cm³/mol. The van der Waals surface area contributed by atoms with Gasteiger partial charge in [-0.15, -0.1) is 11.8 Å². The van der Waals surface area contributed by atoms with Gasteiger partial charge in [-0.05, 0) is 62.7 Å². The summed E-state index contributed by atoms with van der Waals surface area (Å²) in [4.78, 5) is 16.3. The average Bonchev–Trinajstić information content (AvgIpc) is 2.90. The first-order valence-corrected chi connectivity index (χ1v) is 13.4. The van der Waals surface area contributed by atoms with Crippen LogP contribution in [0.3, 0.4) is 0 Å². The molecule has 0 N–H and O–H groups in total. The van der Waals surface area contributed by atoms with Gasteiger partial charge in [-0.3, -0.25) is 4.79 Å². The minimum Gasteiger partial charge on any atom is -0.373 e. The third-order valence-electron chi connectivity index (χ3n) is 5.67. The highest BCUT2D eigenvalue weighted by molar-refractivity contribution is 8.00. The normalized spacial score (nSPS) is 24.6. The van der Waals surface area contributed by atoms with Crippen molar-refractivity contribution in [1.29, 1.82) is 0 Å². The number of thioether (sulfide) groups is 1. The number of benzene rings is 2. The Balaban J connectivity index is 1.59. The van der Waals surface area contributed by atoms with Crippen LogP contribution < -0.4 is 4.90 Å². The Kier molecular flexibility index (Phi) is 6.89. The van der Waals surface area contributed by atoms with Crippen LogP contribution in [-0.2, 0) is 14.8 Å². The first kappa shape index (κ1) is 23.6. The highest BCUT2D eigenvalue weighted by Crippen LogP contribution is 2.39. The molecular formula is C23H27ClN2O4S2. The third kappa shape index (κ3) is 4.84. The van der Waals surface area contributed by atoms with Gasteiger partial charge >= 0.3 is 0 Å². The van der Waals surface area contributed by atoms with E-state index in [2.05, 4.69) is 6.92 Å². The van der Waals surface area contributed by atoms with E-state index in [-0.39, 0.29) is 23.0 Å². The number of carbonyl (C=O) groups excluding carboxylic acids is 1. The molecule has 2 heterocycles. The standard InChI is InChI=1S/C23H27ClN2O4S2/c1-15-13-25(14-16(2)30-15)32(28,29)20-7-4-18(5-8-20)23(27)26-11-10-17(3)31-22-9-6-19(24)12-21(22)26/h4-9,12,15-17H,10-11,13-14H2,1-3H3/t15-,16+,17-/m1/s1. The van der Waals surface area contributed by atoms with Gasteiger partial charge in [0.1, 0.15) is 0 Å². The molecule has 0 saturated carbocycles. The molecule has 1 saturated heterocycles. The minimum absolute atomic E-state index is 0.162. The number of carbonyl (C=O) groups is 1. The smallest absolute Gasteiger partial charge is 0.258 e.